The molecule has 2 aromatic heterocycles. The summed E-state index contributed by atoms with van der Waals surface area (Å²) in [6, 6.07) is 3.27. The number of anilines is 2. The van der Waals surface area contributed by atoms with Crippen molar-refractivity contribution in [2.24, 2.45) is 0 Å². The van der Waals surface area contributed by atoms with Crippen molar-refractivity contribution >= 4 is 33.2 Å². The quantitative estimate of drug-likeness (QED) is 0.120. The highest BCUT2D eigenvalue weighted by Gasteiger charge is 2.28. The Morgan fingerprint density at radius 3 is 1.44 bits per heavy atom. The van der Waals surface area contributed by atoms with Gasteiger partial charge < -0.3 is 50.6 Å². The molecule has 2 aromatic carbocycles. The number of nitrogen functional groups attached to an aromatic ring is 2. The van der Waals surface area contributed by atoms with Gasteiger partial charge in [-0.1, -0.05) is 26.7 Å². The molecule has 0 aliphatic rings. The number of aromatic nitrogens is 2. The molecule has 0 saturated heterocycles. The molecule has 0 saturated carbocycles. The molecule has 10 heteroatoms. The smallest absolute Gasteiger partial charge is 0.155 e. The molecule has 194 valence electrons. The van der Waals surface area contributed by atoms with Crippen LogP contribution in [0, 0.1) is 0 Å². The van der Waals surface area contributed by atoms with E-state index in [0.29, 0.717) is 69.4 Å². The van der Waals surface area contributed by atoms with Crippen molar-refractivity contribution in [3.63, 3.8) is 0 Å². The maximum absolute atomic E-state index is 11.4. The zero-order chi connectivity index (χ0) is 26.0. The third kappa shape index (κ3) is 4.12. The lowest BCUT2D eigenvalue weighted by Crippen LogP contribution is -2.01. The summed E-state index contributed by atoms with van der Waals surface area (Å²) >= 11 is 0. The third-order valence-electron chi connectivity index (χ3n) is 6.17. The van der Waals surface area contributed by atoms with Gasteiger partial charge in [0.15, 0.2) is 23.0 Å². The van der Waals surface area contributed by atoms with Crippen LogP contribution in [0.25, 0.3) is 33.2 Å². The molecule has 0 amide bonds. The van der Waals surface area contributed by atoms with Crippen molar-refractivity contribution in [3.8, 4) is 45.9 Å². The molecule has 0 aliphatic carbocycles. The van der Waals surface area contributed by atoms with Crippen LogP contribution >= 0.6 is 0 Å². The number of rotatable bonds is 11. The molecule has 0 unspecified atom stereocenters. The summed E-state index contributed by atoms with van der Waals surface area (Å²) < 4.78 is 22.9. The number of benzene rings is 2. The molecule has 4 aromatic rings. The van der Waals surface area contributed by atoms with E-state index in [1.807, 2.05) is 0 Å². The minimum atomic E-state index is -0.149. The Hall–Kier alpha value is -4.08. The second kappa shape index (κ2) is 10.3. The Bertz CT molecular complexity index is 1290. The first-order valence-electron chi connectivity index (χ1n) is 12.1. The second-order valence-electron chi connectivity index (χ2n) is 8.60. The van der Waals surface area contributed by atoms with Gasteiger partial charge in [0.2, 0.25) is 0 Å². The van der Waals surface area contributed by atoms with Crippen molar-refractivity contribution in [1.82, 2.24) is 9.97 Å². The zero-order valence-corrected chi connectivity index (χ0v) is 21.1. The number of hydrogen-bond donors (Lipinski definition) is 6. The van der Waals surface area contributed by atoms with Crippen molar-refractivity contribution in [1.29, 1.82) is 0 Å². The monoisotopic (exact) mass is 498 g/mol. The molecule has 2 heterocycles. The molecule has 0 atom stereocenters. The molecule has 10 nitrogen and oxygen atoms in total. The number of aromatic hydroxyl groups is 2. The van der Waals surface area contributed by atoms with Gasteiger partial charge in [-0.15, -0.1) is 0 Å². The predicted octanol–water partition coefficient (Wildman–Crippen LogP) is 5.27. The second-order valence-corrected chi connectivity index (χ2v) is 8.60. The van der Waals surface area contributed by atoms with E-state index in [2.05, 4.69) is 23.8 Å². The summed E-state index contributed by atoms with van der Waals surface area (Å²) in [6.07, 6.45) is 3.55. The maximum atomic E-state index is 11.4. The SMILES string of the molecule is CCCCOc1c(N)cc(OC)c2[nH]c(-c3[nH]c4c(OC)cc(N)c(OCCCC)c4c3O)c(O)c12. The van der Waals surface area contributed by atoms with Gasteiger partial charge in [-0.3, -0.25) is 0 Å². The average molecular weight is 499 g/mol. The van der Waals surface area contributed by atoms with Gasteiger partial charge in [0, 0.05) is 12.1 Å². The number of methoxy groups -OCH3 is 2. The number of ether oxygens (including phenoxy) is 4. The van der Waals surface area contributed by atoms with Gasteiger partial charge in [0.1, 0.15) is 22.9 Å². The largest absolute Gasteiger partial charge is 0.505 e. The fourth-order valence-corrected chi connectivity index (χ4v) is 4.27. The fraction of sp³-hybridized carbons (Fsp3) is 0.385. The highest BCUT2D eigenvalue weighted by Crippen LogP contribution is 2.52. The van der Waals surface area contributed by atoms with Crippen molar-refractivity contribution in [2.45, 2.75) is 39.5 Å². The van der Waals surface area contributed by atoms with E-state index in [-0.39, 0.29) is 22.9 Å². The van der Waals surface area contributed by atoms with Crippen LogP contribution in [0.2, 0.25) is 0 Å². The first-order valence-corrected chi connectivity index (χ1v) is 12.1. The van der Waals surface area contributed by atoms with E-state index in [4.69, 9.17) is 30.4 Å². The third-order valence-corrected chi connectivity index (χ3v) is 6.17. The first-order chi connectivity index (χ1) is 17.4. The highest BCUT2D eigenvalue weighted by molar-refractivity contribution is 6.08. The molecule has 0 aliphatic heterocycles. The topological polar surface area (TPSA) is 161 Å². The van der Waals surface area contributed by atoms with Crippen LogP contribution in [0.4, 0.5) is 11.4 Å². The van der Waals surface area contributed by atoms with E-state index in [1.165, 1.54) is 14.2 Å². The van der Waals surface area contributed by atoms with Crippen molar-refractivity contribution in [3.05, 3.63) is 12.1 Å². The standard InChI is InChI=1S/C26H34N4O6/c1-5-7-9-35-25-13(27)11-15(33-3)19-17(25)23(31)21(29-19)22-24(32)18-20(30-22)16(34-4)12-14(28)26(18)36-10-8-6-2/h11-12,29-32H,5-10,27-28H2,1-4H3. The number of H-pyrrole nitrogens is 2. The Morgan fingerprint density at radius 1 is 0.722 bits per heavy atom. The first kappa shape index (κ1) is 25.0. The van der Waals surface area contributed by atoms with Gasteiger partial charge in [-0.25, -0.2) is 0 Å². The summed E-state index contributed by atoms with van der Waals surface area (Å²) in [4.78, 5) is 6.34. The van der Waals surface area contributed by atoms with Crippen molar-refractivity contribution in [2.75, 3.05) is 38.9 Å². The van der Waals surface area contributed by atoms with Gasteiger partial charge in [-0.05, 0) is 12.8 Å². The molecular weight excluding hydrogens is 464 g/mol. The molecule has 0 spiro atoms. The van der Waals surface area contributed by atoms with Crippen LogP contribution in [0.1, 0.15) is 39.5 Å². The molecule has 8 N–H and O–H groups in total. The van der Waals surface area contributed by atoms with Gasteiger partial charge >= 0.3 is 0 Å². The van der Waals surface area contributed by atoms with Crippen molar-refractivity contribution < 1.29 is 29.2 Å². The van der Waals surface area contributed by atoms with E-state index in [9.17, 15) is 10.2 Å². The number of nitrogens with one attached hydrogen (secondary N) is 2. The lowest BCUT2D eigenvalue weighted by atomic mass is 10.1. The molecule has 0 radical (unpaired) electrons. The van der Waals surface area contributed by atoms with E-state index in [0.717, 1.165) is 25.7 Å². The van der Waals surface area contributed by atoms with Gasteiger partial charge in [-0.2, -0.15) is 0 Å². The minimum Gasteiger partial charge on any atom is -0.505 e. The van der Waals surface area contributed by atoms with Crippen LogP contribution in [-0.4, -0.2) is 47.6 Å². The Balaban J connectivity index is 1.96. The van der Waals surface area contributed by atoms with Crippen LogP contribution < -0.4 is 30.4 Å². The summed E-state index contributed by atoms with van der Waals surface area (Å²) in [5.41, 5.74) is 14.6. The number of nitrogens with two attached hydrogens (primary N) is 2. The highest BCUT2D eigenvalue weighted by atomic mass is 16.5. The molecule has 0 fully saturated rings. The predicted molar refractivity (Wildman–Crippen MR) is 142 cm³/mol. The van der Waals surface area contributed by atoms with E-state index in [1.54, 1.807) is 12.1 Å². The summed E-state index contributed by atoms with van der Waals surface area (Å²) in [5.74, 6) is 1.25. The zero-order valence-electron chi connectivity index (χ0n) is 21.1. The minimum absolute atomic E-state index is 0.149. The molecule has 0 bridgehead atoms. The summed E-state index contributed by atoms with van der Waals surface area (Å²) in [6.45, 7) is 4.99. The van der Waals surface area contributed by atoms with Crippen LogP contribution in [0.3, 0.4) is 0 Å². The number of unbranched alkanes of at least 4 members (excludes halogenated alkanes) is 2. The fourth-order valence-electron chi connectivity index (χ4n) is 4.27. The number of aromatic amines is 2. The normalized spacial score (nSPS) is 11.3. The molecular formula is C26H34N4O6. The molecule has 36 heavy (non-hydrogen) atoms. The van der Waals surface area contributed by atoms with Crippen LogP contribution in [0.15, 0.2) is 12.1 Å². The van der Waals surface area contributed by atoms with Crippen LogP contribution in [-0.2, 0) is 0 Å². The van der Waals surface area contributed by atoms with Crippen LogP contribution in [0.5, 0.6) is 34.5 Å². The Morgan fingerprint density at radius 2 is 1.11 bits per heavy atom. The lowest BCUT2D eigenvalue weighted by Gasteiger charge is -2.12. The van der Waals surface area contributed by atoms with E-state index < -0.39 is 0 Å². The Labute approximate surface area is 209 Å². The summed E-state index contributed by atoms with van der Waals surface area (Å²) in [7, 11) is 3.02. The summed E-state index contributed by atoms with van der Waals surface area (Å²) in [5, 5.41) is 23.4. The van der Waals surface area contributed by atoms with E-state index >= 15 is 0 Å². The van der Waals surface area contributed by atoms with Gasteiger partial charge in [0.05, 0.1) is 60.6 Å². The Kier molecular flexibility index (Phi) is 7.14. The van der Waals surface area contributed by atoms with Gasteiger partial charge in [0.25, 0.3) is 0 Å². The lowest BCUT2D eigenvalue weighted by molar-refractivity contribution is 0.313. The maximum Gasteiger partial charge on any atom is 0.155 e. The molecule has 4 rings (SSSR count). The number of fused-ring (bicyclic) bond motifs is 2. The number of hydrogen-bond acceptors (Lipinski definition) is 8. The average Bonchev–Trinajstić information content (AvgIpc) is 3.38.